The zero-order valence-corrected chi connectivity index (χ0v) is 14.1. The van der Waals surface area contributed by atoms with Crippen molar-refractivity contribution in [3.8, 4) is 5.75 Å². The molecule has 0 amide bonds. The number of ether oxygens (including phenoxy) is 1. The molecule has 124 valence electrons. The fourth-order valence-electron chi connectivity index (χ4n) is 4.51. The average molecular weight is 328 g/mol. The summed E-state index contributed by atoms with van der Waals surface area (Å²) in [6, 6.07) is 21.7. The van der Waals surface area contributed by atoms with Gasteiger partial charge in [0.25, 0.3) is 0 Å². The number of anilines is 1. The Balaban J connectivity index is 1.66. The SMILES string of the molecule is COc1cccc([C@H]2Nc3cccnc3[C@H]3c4ccccc4C[C@H]32)c1. The van der Waals surface area contributed by atoms with E-state index >= 15 is 0 Å². The maximum atomic E-state index is 5.45. The van der Waals surface area contributed by atoms with Gasteiger partial charge in [-0.05, 0) is 53.3 Å². The molecule has 25 heavy (non-hydrogen) atoms. The molecule has 2 aliphatic rings. The summed E-state index contributed by atoms with van der Waals surface area (Å²) in [5.74, 6) is 1.72. The summed E-state index contributed by atoms with van der Waals surface area (Å²) >= 11 is 0. The van der Waals surface area contributed by atoms with Gasteiger partial charge in [0.05, 0.1) is 24.5 Å². The fourth-order valence-corrected chi connectivity index (χ4v) is 4.51. The first-order chi connectivity index (χ1) is 12.3. The van der Waals surface area contributed by atoms with Gasteiger partial charge in [-0.15, -0.1) is 0 Å². The van der Waals surface area contributed by atoms with Crippen molar-refractivity contribution in [3.05, 3.63) is 89.2 Å². The molecule has 0 radical (unpaired) electrons. The first kappa shape index (κ1) is 14.5. The molecule has 2 aromatic carbocycles. The molecular weight excluding hydrogens is 308 g/mol. The highest BCUT2D eigenvalue weighted by molar-refractivity contribution is 5.60. The van der Waals surface area contributed by atoms with Crippen LogP contribution in [0.3, 0.4) is 0 Å². The molecule has 0 saturated carbocycles. The Kier molecular flexibility index (Phi) is 3.27. The number of pyridine rings is 1. The molecule has 1 aromatic heterocycles. The highest BCUT2D eigenvalue weighted by Gasteiger charge is 2.43. The van der Waals surface area contributed by atoms with E-state index in [1.807, 2.05) is 18.3 Å². The van der Waals surface area contributed by atoms with Gasteiger partial charge in [0, 0.05) is 12.1 Å². The van der Waals surface area contributed by atoms with Gasteiger partial charge in [0.15, 0.2) is 0 Å². The molecule has 3 nitrogen and oxygen atoms in total. The second-order valence-corrected chi connectivity index (χ2v) is 6.88. The minimum Gasteiger partial charge on any atom is -0.497 e. The first-order valence-electron chi connectivity index (χ1n) is 8.78. The van der Waals surface area contributed by atoms with Crippen molar-refractivity contribution in [1.82, 2.24) is 4.98 Å². The molecular formula is C22H20N2O. The molecule has 3 heteroatoms. The van der Waals surface area contributed by atoms with Crippen LogP contribution in [0.25, 0.3) is 0 Å². The lowest BCUT2D eigenvalue weighted by Gasteiger charge is -2.37. The van der Waals surface area contributed by atoms with Crippen molar-refractivity contribution >= 4 is 5.69 Å². The van der Waals surface area contributed by atoms with Crippen LogP contribution in [-0.2, 0) is 6.42 Å². The van der Waals surface area contributed by atoms with Gasteiger partial charge in [-0.1, -0.05) is 36.4 Å². The second kappa shape index (κ2) is 5.62. The molecule has 1 N–H and O–H groups in total. The zero-order chi connectivity index (χ0) is 16.8. The monoisotopic (exact) mass is 328 g/mol. The van der Waals surface area contributed by atoms with Crippen molar-refractivity contribution in [2.75, 3.05) is 12.4 Å². The summed E-state index contributed by atoms with van der Waals surface area (Å²) in [5, 5.41) is 3.75. The van der Waals surface area contributed by atoms with E-state index in [1.165, 1.54) is 22.4 Å². The summed E-state index contributed by atoms with van der Waals surface area (Å²) in [6.07, 6.45) is 2.98. The Morgan fingerprint density at radius 2 is 1.96 bits per heavy atom. The number of rotatable bonds is 2. The lowest BCUT2D eigenvalue weighted by atomic mass is 9.77. The molecule has 1 aliphatic carbocycles. The Labute approximate surface area is 147 Å². The molecule has 0 spiro atoms. The van der Waals surface area contributed by atoms with Gasteiger partial charge in [-0.3, -0.25) is 4.98 Å². The summed E-state index contributed by atoms with van der Waals surface area (Å²) in [7, 11) is 1.72. The third kappa shape index (κ3) is 2.23. The van der Waals surface area contributed by atoms with Crippen LogP contribution in [0.5, 0.6) is 5.75 Å². The van der Waals surface area contributed by atoms with E-state index < -0.39 is 0 Å². The number of benzene rings is 2. The van der Waals surface area contributed by atoms with Crippen LogP contribution in [0.1, 0.15) is 34.3 Å². The molecule has 0 bridgehead atoms. The van der Waals surface area contributed by atoms with Gasteiger partial charge < -0.3 is 10.1 Å². The zero-order valence-electron chi connectivity index (χ0n) is 14.1. The highest BCUT2D eigenvalue weighted by Crippen LogP contribution is 2.53. The van der Waals surface area contributed by atoms with Gasteiger partial charge in [-0.25, -0.2) is 0 Å². The summed E-state index contributed by atoms with van der Waals surface area (Å²) in [5.41, 5.74) is 6.48. The molecule has 0 saturated heterocycles. The number of aromatic nitrogens is 1. The quantitative estimate of drug-likeness (QED) is 0.749. The van der Waals surface area contributed by atoms with Crippen LogP contribution in [-0.4, -0.2) is 12.1 Å². The van der Waals surface area contributed by atoms with Crippen LogP contribution in [0.2, 0.25) is 0 Å². The van der Waals surface area contributed by atoms with E-state index in [1.54, 1.807) is 7.11 Å². The van der Waals surface area contributed by atoms with Gasteiger partial charge >= 0.3 is 0 Å². The Bertz CT molecular complexity index is 937. The van der Waals surface area contributed by atoms with Crippen LogP contribution < -0.4 is 10.1 Å². The van der Waals surface area contributed by atoms with Gasteiger partial charge in [0.2, 0.25) is 0 Å². The summed E-state index contributed by atoms with van der Waals surface area (Å²) in [4.78, 5) is 4.74. The normalized spacial score (nSPS) is 23.2. The largest absolute Gasteiger partial charge is 0.497 e. The predicted octanol–water partition coefficient (Wildman–Crippen LogP) is 4.56. The van der Waals surface area contributed by atoms with Crippen LogP contribution in [0.15, 0.2) is 66.9 Å². The molecule has 3 atom stereocenters. The third-order valence-corrected chi connectivity index (χ3v) is 5.60. The number of methoxy groups -OCH3 is 1. The Morgan fingerprint density at radius 3 is 2.88 bits per heavy atom. The topological polar surface area (TPSA) is 34.1 Å². The van der Waals surface area contributed by atoms with Crippen LogP contribution in [0.4, 0.5) is 5.69 Å². The minimum absolute atomic E-state index is 0.254. The molecule has 0 fully saturated rings. The molecule has 0 unspecified atom stereocenters. The molecule has 1 aliphatic heterocycles. The standard InChI is InChI=1S/C22H20N2O/c1-25-16-8-4-7-15(12-16)21-18-13-14-6-2-3-9-17(14)20(18)22-19(24-21)10-5-11-23-22/h2-12,18,20-21,24H,13H2,1H3/t18-,20+,21-/m1/s1. The van der Waals surface area contributed by atoms with Crippen molar-refractivity contribution in [1.29, 1.82) is 0 Å². The number of hydrogen-bond acceptors (Lipinski definition) is 3. The fraction of sp³-hybridized carbons (Fsp3) is 0.227. The minimum atomic E-state index is 0.254. The summed E-state index contributed by atoms with van der Waals surface area (Å²) < 4.78 is 5.45. The molecule has 3 aromatic rings. The number of hydrogen-bond donors (Lipinski definition) is 1. The van der Waals surface area contributed by atoms with Crippen LogP contribution in [0, 0.1) is 5.92 Å². The average Bonchev–Trinajstić information content (AvgIpc) is 3.07. The molecule has 2 heterocycles. The highest BCUT2D eigenvalue weighted by atomic mass is 16.5. The van der Waals surface area contributed by atoms with E-state index in [4.69, 9.17) is 9.72 Å². The van der Waals surface area contributed by atoms with E-state index in [0.29, 0.717) is 11.8 Å². The van der Waals surface area contributed by atoms with Gasteiger partial charge in [-0.2, -0.15) is 0 Å². The second-order valence-electron chi connectivity index (χ2n) is 6.88. The van der Waals surface area contributed by atoms with Crippen molar-refractivity contribution in [2.24, 2.45) is 5.92 Å². The van der Waals surface area contributed by atoms with E-state index in [0.717, 1.165) is 17.9 Å². The molecule has 5 rings (SSSR count). The lowest BCUT2D eigenvalue weighted by molar-refractivity contribution is 0.402. The van der Waals surface area contributed by atoms with Crippen molar-refractivity contribution in [2.45, 2.75) is 18.4 Å². The number of fused-ring (bicyclic) bond motifs is 5. The van der Waals surface area contributed by atoms with Crippen molar-refractivity contribution < 1.29 is 4.74 Å². The maximum absolute atomic E-state index is 5.45. The predicted molar refractivity (Wildman–Crippen MR) is 99.1 cm³/mol. The smallest absolute Gasteiger partial charge is 0.119 e. The maximum Gasteiger partial charge on any atom is 0.119 e. The van der Waals surface area contributed by atoms with E-state index in [-0.39, 0.29) is 6.04 Å². The lowest BCUT2D eigenvalue weighted by Crippen LogP contribution is -2.31. The van der Waals surface area contributed by atoms with Crippen LogP contribution >= 0.6 is 0 Å². The van der Waals surface area contributed by atoms with E-state index in [9.17, 15) is 0 Å². The number of nitrogens with one attached hydrogen (secondary N) is 1. The van der Waals surface area contributed by atoms with E-state index in [2.05, 4.69) is 53.8 Å². The van der Waals surface area contributed by atoms with Gasteiger partial charge in [0.1, 0.15) is 5.75 Å². The third-order valence-electron chi connectivity index (χ3n) is 5.60. The van der Waals surface area contributed by atoms with Crippen molar-refractivity contribution in [3.63, 3.8) is 0 Å². The Hall–Kier alpha value is -2.81. The number of nitrogens with zero attached hydrogens (tertiary/aromatic N) is 1. The Morgan fingerprint density at radius 1 is 1.04 bits per heavy atom. The first-order valence-corrected chi connectivity index (χ1v) is 8.78. The summed E-state index contributed by atoms with van der Waals surface area (Å²) in [6.45, 7) is 0.